The topological polar surface area (TPSA) is 68.5 Å². The number of carbonyl (C=O) groups excluding carboxylic acids is 1. The Balaban J connectivity index is 2.14. The molecule has 2 N–H and O–H groups in total. The summed E-state index contributed by atoms with van der Waals surface area (Å²) in [7, 11) is 3.34. The maximum absolute atomic E-state index is 12.3. The number of benzene rings is 1. The Morgan fingerprint density at radius 1 is 1.45 bits per heavy atom. The van der Waals surface area contributed by atoms with E-state index in [9.17, 15) is 4.79 Å². The first kappa shape index (κ1) is 14.4. The van der Waals surface area contributed by atoms with E-state index in [4.69, 9.17) is 10.5 Å². The SMILES string of the molecule is COCC(N)CN(C)C(=O)c1ccc2ncccc2c1. The molecule has 0 aliphatic rings. The van der Waals surface area contributed by atoms with Crippen molar-refractivity contribution < 1.29 is 9.53 Å². The molecule has 1 unspecified atom stereocenters. The van der Waals surface area contributed by atoms with Crippen molar-refractivity contribution in [2.45, 2.75) is 6.04 Å². The van der Waals surface area contributed by atoms with Crippen LogP contribution in [0, 0.1) is 0 Å². The molecular weight excluding hydrogens is 254 g/mol. The number of nitrogens with two attached hydrogens (primary N) is 1. The van der Waals surface area contributed by atoms with Gasteiger partial charge in [-0.15, -0.1) is 0 Å². The van der Waals surface area contributed by atoms with Gasteiger partial charge in [0.2, 0.25) is 0 Å². The molecule has 1 atom stereocenters. The highest BCUT2D eigenvalue weighted by Crippen LogP contribution is 2.14. The van der Waals surface area contributed by atoms with Gasteiger partial charge < -0.3 is 15.4 Å². The fourth-order valence-electron chi connectivity index (χ4n) is 2.13. The number of nitrogens with zero attached hydrogens (tertiary/aromatic N) is 2. The number of ether oxygens (including phenoxy) is 1. The Morgan fingerprint density at radius 3 is 3.00 bits per heavy atom. The molecule has 20 heavy (non-hydrogen) atoms. The van der Waals surface area contributed by atoms with Crippen molar-refractivity contribution in [3.8, 4) is 0 Å². The molecule has 0 spiro atoms. The first-order chi connectivity index (χ1) is 9.61. The summed E-state index contributed by atoms with van der Waals surface area (Å²) in [6, 6.07) is 9.10. The molecule has 0 aliphatic carbocycles. The molecule has 5 heteroatoms. The second-order valence-electron chi connectivity index (χ2n) is 4.81. The van der Waals surface area contributed by atoms with Gasteiger partial charge in [0.25, 0.3) is 5.91 Å². The summed E-state index contributed by atoms with van der Waals surface area (Å²) in [6.45, 7) is 0.886. The second kappa shape index (κ2) is 6.45. The summed E-state index contributed by atoms with van der Waals surface area (Å²) in [5.41, 5.74) is 7.38. The average molecular weight is 273 g/mol. The van der Waals surface area contributed by atoms with E-state index >= 15 is 0 Å². The molecule has 1 aromatic carbocycles. The number of hydrogen-bond donors (Lipinski definition) is 1. The Labute approximate surface area is 118 Å². The number of fused-ring (bicyclic) bond motifs is 1. The van der Waals surface area contributed by atoms with Crippen LogP contribution in [0.4, 0.5) is 0 Å². The van der Waals surface area contributed by atoms with E-state index in [2.05, 4.69) is 4.98 Å². The average Bonchev–Trinajstić information content (AvgIpc) is 2.46. The zero-order chi connectivity index (χ0) is 14.5. The fraction of sp³-hybridized carbons (Fsp3) is 0.333. The van der Waals surface area contributed by atoms with Crippen LogP contribution in [0.5, 0.6) is 0 Å². The number of aromatic nitrogens is 1. The molecule has 106 valence electrons. The molecule has 1 amide bonds. The summed E-state index contributed by atoms with van der Waals surface area (Å²) in [5, 5.41) is 0.952. The van der Waals surface area contributed by atoms with Gasteiger partial charge in [-0.2, -0.15) is 0 Å². The maximum Gasteiger partial charge on any atom is 0.253 e. The van der Waals surface area contributed by atoms with E-state index in [1.165, 1.54) is 0 Å². The van der Waals surface area contributed by atoms with Gasteiger partial charge in [-0.25, -0.2) is 0 Å². The molecule has 5 nitrogen and oxygen atoms in total. The molecular formula is C15H19N3O2. The Bertz CT molecular complexity index is 600. The van der Waals surface area contributed by atoms with Crippen LogP contribution in [-0.2, 0) is 4.74 Å². The van der Waals surface area contributed by atoms with Crippen molar-refractivity contribution in [3.05, 3.63) is 42.1 Å². The first-order valence-electron chi connectivity index (χ1n) is 6.46. The van der Waals surface area contributed by atoms with Crippen molar-refractivity contribution in [3.63, 3.8) is 0 Å². The van der Waals surface area contributed by atoms with Crippen LogP contribution >= 0.6 is 0 Å². The number of amides is 1. The van der Waals surface area contributed by atoms with Crippen molar-refractivity contribution in [2.75, 3.05) is 27.3 Å². The molecule has 0 fully saturated rings. The number of carbonyl (C=O) groups is 1. The van der Waals surface area contributed by atoms with Crippen molar-refractivity contribution in [2.24, 2.45) is 5.73 Å². The maximum atomic E-state index is 12.3. The largest absolute Gasteiger partial charge is 0.383 e. The molecule has 1 aromatic heterocycles. The van der Waals surface area contributed by atoms with Crippen molar-refractivity contribution in [1.29, 1.82) is 0 Å². The minimum Gasteiger partial charge on any atom is -0.383 e. The zero-order valence-corrected chi connectivity index (χ0v) is 11.7. The number of rotatable bonds is 5. The lowest BCUT2D eigenvalue weighted by atomic mass is 10.1. The van der Waals surface area contributed by atoms with Crippen LogP contribution in [0.3, 0.4) is 0 Å². The predicted molar refractivity (Wildman–Crippen MR) is 78.6 cm³/mol. The van der Waals surface area contributed by atoms with Crippen LogP contribution in [0.25, 0.3) is 10.9 Å². The van der Waals surface area contributed by atoms with Gasteiger partial charge >= 0.3 is 0 Å². The lowest BCUT2D eigenvalue weighted by Gasteiger charge is -2.21. The predicted octanol–water partition coefficient (Wildman–Crippen LogP) is 1.28. The third kappa shape index (κ3) is 3.31. The molecule has 1 heterocycles. The number of hydrogen-bond acceptors (Lipinski definition) is 4. The lowest BCUT2D eigenvalue weighted by molar-refractivity contribution is 0.0765. The van der Waals surface area contributed by atoms with Gasteiger partial charge in [0.15, 0.2) is 0 Å². The standard InChI is InChI=1S/C15H19N3O2/c1-18(9-13(16)10-20-2)15(19)12-5-6-14-11(8-12)4-3-7-17-14/h3-8,13H,9-10,16H2,1-2H3. The Hall–Kier alpha value is -1.98. The van der Waals surface area contributed by atoms with E-state index in [1.54, 1.807) is 31.3 Å². The molecule has 0 bridgehead atoms. The zero-order valence-electron chi connectivity index (χ0n) is 11.7. The van der Waals surface area contributed by atoms with Gasteiger partial charge in [0.1, 0.15) is 0 Å². The minimum atomic E-state index is -0.184. The minimum absolute atomic E-state index is 0.0534. The third-order valence-corrected chi connectivity index (χ3v) is 3.09. The van der Waals surface area contributed by atoms with E-state index in [-0.39, 0.29) is 11.9 Å². The monoisotopic (exact) mass is 273 g/mol. The van der Waals surface area contributed by atoms with Gasteiger partial charge in [-0.05, 0) is 24.3 Å². The highest BCUT2D eigenvalue weighted by Gasteiger charge is 2.15. The second-order valence-corrected chi connectivity index (χ2v) is 4.81. The quantitative estimate of drug-likeness (QED) is 0.891. The van der Waals surface area contributed by atoms with Gasteiger partial charge in [0.05, 0.1) is 12.1 Å². The normalized spacial score (nSPS) is 12.3. The first-order valence-corrected chi connectivity index (χ1v) is 6.46. The van der Waals surface area contributed by atoms with Crippen molar-refractivity contribution >= 4 is 16.8 Å². The highest BCUT2D eigenvalue weighted by atomic mass is 16.5. The van der Waals surface area contributed by atoms with Crippen LogP contribution in [0.2, 0.25) is 0 Å². The molecule has 0 saturated carbocycles. The van der Waals surface area contributed by atoms with Crippen LogP contribution < -0.4 is 5.73 Å². The highest BCUT2D eigenvalue weighted by molar-refractivity contribution is 5.97. The number of methoxy groups -OCH3 is 1. The number of pyridine rings is 1. The molecule has 0 saturated heterocycles. The van der Waals surface area contributed by atoms with Crippen LogP contribution in [0.1, 0.15) is 10.4 Å². The molecule has 2 rings (SSSR count). The smallest absolute Gasteiger partial charge is 0.253 e. The van der Waals surface area contributed by atoms with E-state index < -0.39 is 0 Å². The van der Waals surface area contributed by atoms with Gasteiger partial charge in [-0.3, -0.25) is 9.78 Å². The molecule has 2 aromatic rings. The van der Waals surface area contributed by atoms with E-state index in [0.29, 0.717) is 18.7 Å². The Morgan fingerprint density at radius 2 is 2.25 bits per heavy atom. The fourth-order valence-corrected chi connectivity index (χ4v) is 2.13. The summed E-state index contributed by atoms with van der Waals surface area (Å²) in [6.07, 6.45) is 1.74. The third-order valence-electron chi connectivity index (χ3n) is 3.09. The van der Waals surface area contributed by atoms with Crippen molar-refractivity contribution in [1.82, 2.24) is 9.88 Å². The molecule has 0 radical (unpaired) electrons. The summed E-state index contributed by atoms with van der Waals surface area (Å²) >= 11 is 0. The Kier molecular flexibility index (Phi) is 4.65. The van der Waals surface area contributed by atoms with Gasteiger partial charge in [0, 0.05) is 43.9 Å². The summed E-state index contributed by atoms with van der Waals surface area (Å²) in [4.78, 5) is 18.2. The van der Waals surface area contributed by atoms with Crippen LogP contribution in [-0.4, -0.2) is 49.1 Å². The number of likely N-dealkylation sites (N-methyl/N-ethyl adjacent to an activating group) is 1. The van der Waals surface area contributed by atoms with Crippen LogP contribution in [0.15, 0.2) is 36.5 Å². The lowest BCUT2D eigenvalue weighted by Crippen LogP contribution is -2.41. The van der Waals surface area contributed by atoms with E-state index in [0.717, 1.165) is 10.9 Å². The van der Waals surface area contributed by atoms with Gasteiger partial charge in [-0.1, -0.05) is 6.07 Å². The molecule has 0 aliphatic heterocycles. The summed E-state index contributed by atoms with van der Waals surface area (Å²) in [5.74, 6) is -0.0534. The van der Waals surface area contributed by atoms with E-state index in [1.807, 2.05) is 24.3 Å². The summed E-state index contributed by atoms with van der Waals surface area (Å²) < 4.78 is 4.98.